The van der Waals surface area contributed by atoms with Gasteiger partial charge in [-0.25, -0.2) is 0 Å². The number of hydrogen-bond acceptors (Lipinski definition) is 3. The number of benzene rings is 2. The molecule has 0 aromatic heterocycles. The molecule has 2 aromatic rings. The number of nitrogens with zero attached hydrogens (tertiary/aromatic N) is 1. The SMILES string of the molecule is CC1C(C(=O)O)CCN1C(=O)CCCOc1cccc2ccccc12. The Hall–Kier alpha value is -2.56. The van der Waals surface area contributed by atoms with Crippen LogP contribution in [0.1, 0.15) is 26.2 Å². The van der Waals surface area contributed by atoms with Gasteiger partial charge in [0.05, 0.1) is 12.5 Å². The smallest absolute Gasteiger partial charge is 0.308 e. The molecular weight excluding hydrogens is 318 g/mol. The van der Waals surface area contributed by atoms with Crippen molar-refractivity contribution in [1.29, 1.82) is 0 Å². The van der Waals surface area contributed by atoms with Crippen molar-refractivity contribution in [2.75, 3.05) is 13.2 Å². The molecule has 2 aromatic carbocycles. The Morgan fingerprint density at radius 2 is 1.96 bits per heavy atom. The first-order valence-corrected chi connectivity index (χ1v) is 8.71. The maximum Gasteiger partial charge on any atom is 0.308 e. The summed E-state index contributed by atoms with van der Waals surface area (Å²) in [5, 5.41) is 11.3. The lowest BCUT2D eigenvalue weighted by Crippen LogP contribution is -2.37. The Bertz CT molecular complexity index is 768. The predicted molar refractivity (Wildman–Crippen MR) is 95.6 cm³/mol. The Kier molecular flexibility index (Phi) is 5.22. The van der Waals surface area contributed by atoms with Crippen LogP contribution in [0.15, 0.2) is 42.5 Å². The molecule has 0 saturated carbocycles. The van der Waals surface area contributed by atoms with Crippen LogP contribution in [0.25, 0.3) is 10.8 Å². The fraction of sp³-hybridized carbons (Fsp3) is 0.400. The summed E-state index contributed by atoms with van der Waals surface area (Å²) in [5.41, 5.74) is 0. The van der Waals surface area contributed by atoms with E-state index in [0.717, 1.165) is 16.5 Å². The van der Waals surface area contributed by atoms with Crippen molar-refractivity contribution in [2.45, 2.75) is 32.2 Å². The molecule has 1 aliphatic heterocycles. The van der Waals surface area contributed by atoms with Gasteiger partial charge in [-0.05, 0) is 31.2 Å². The minimum atomic E-state index is -0.818. The highest BCUT2D eigenvalue weighted by Crippen LogP contribution is 2.26. The molecule has 0 aliphatic carbocycles. The van der Waals surface area contributed by atoms with Gasteiger partial charge in [0.2, 0.25) is 5.91 Å². The largest absolute Gasteiger partial charge is 0.493 e. The molecule has 1 heterocycles. The van der Waals surface area contributed by atoms with Crippen LogP contribution in [0.5, 0.6) is 5.75 Å². The molecule has 5 nitrogen and oxygen atoms in total. The van der Waals surface area contributed by atoms with Crippen LogP contribution in [0, 0.1) is 5.92 Å². The number of carboxylic acids is 1. The van der Waals surface area contributed by atoms with Crippen molar-refractivity contribution in [1.82, 2.24) is 4.90 Å². The summed E-state index contributed by atoms with van der Waals surface area (Å²) in [6.45, 7) is 2.81. The Balaban J connectivity index is 1.50. The van der Waals surface area contributed by atoms with E-state index in [1.165, 1.54) is 0 Å². The second kappa shape index (κ2) is 7.55. The molecule has 3 rings (SSSR count). The van der Waals surface area contributed by atoms with Crippen molar-refractivity contribution < 1.29 is 19.4 Å². The summed E-state index contributed by atoms with van der Waals surface area (Å²) in [6, 6.07) is 13.7. The van der Waals surface area contributed by atoms with E-state index in [0.29, 0.717) is 32.4 Å². The van der Waals surface area contributed by atoms with E-state index in [-0.39, 0.29) is 11.9 Å². The average Bonchev–Trinajstić information content (AvgIpc) is 3.00. The summed E-state index contributed by atoms with van der Waals surface area (Å²) in [6.07, 6.45) is 1.53. The zero-order valence-corrected chi connectivity index (χ0v) is 14.4. The standard InChI is InChI=1S/C20H23NO4/c1-14-16(20(23)24)11-12-21(14)19(22)10-5-13-25-18-9-4-7-15-6-2-3-8-17(15)18/h2-4,6-9,14,16H,5,10-13H2,1H3,(H,23,24). The van der Waals surface area contributed by atoms with Gasteiger partial charge in [0.15, 0.2) is 0 Å². The number of ether oxygens (including phenoxy) is 1. The fourth-order valence-electron chi connectivity index (χ4n) is 3.49. The van der Waals surface area contributed by atoms with Gasteiger partial charge in [-0.3, -0.25) is 9.59 Å². The zero-order chi connectivity index (χ0) is 17.8. The van der Waals surface area contributed by atoms with Gasteiger partial charge in [0.1, 0.15) is 5.75 Å². The molecule has 1 N–H and O–H groups in total. The third kappa shape index (κ3) is 3.76. The van der Waals surface area contributed by atoms with Crippen LogP contribution in [-0.2, 0) is 9.59 Å². The zero-order valence-electron chi connectivity index (χ0n) is 14.4. The second-order valence-corrected chi connectivity index (χ2v) is 6.49. The van der Waals surface area contributed by atoms with E-state index < -0.39 is 11.9 Å². The molecule has 0 radical (unpaired) electrons. The molecule has 0 bridgehead atoms. The molecule has 1 aliphatic rings. The highest BCUT2D eigenvalue weighted by Gasteiger charge is 2.37. The summed E-state index contributed by atoms with van der Waals surface area (Å²) in [4.78, 5) is 25.2. The van der Waals surface area contributed by atoms with Crippen molar-refractivity contribution in [3.05, 3.63) is 42.5 Å². The minimum Gasteiger partial charge on any atom is -0.493 e. The first kappa shape index (κ1) is 17.3. The third-order valence-electron chi connectivity index (χ3n) is 4.93. The van der Waals surface area contributed by atoms with Gasteiger partial charge in [0, 0.05) is 24.4 Å². The monoisotopic (exact) mass is 341 g/mol. The van der Waals surface area contributed by atoms with Crippen molar-refractivity contribution in [2.24, 2.45) is 5.92 Å². The van der Waals surface area contributed by atoms with E-state index in [4.69, 9.17) is 9.84 Å². The lowest BCUT2D eigenvalue weighted by molar-refractivity contribution is -0.143. The minimum absolute atomic E-state index is 0.0118. The summed E-state index contributed by atoms with van der Waals surface area (Å²) in [5.74, 6) is -0.429. The van der Waals surface area contributed by atoms with Crippen LogP contribution in [0.4, 0.5) is 0 Å². The van der Waals surface area contributed by atoms with E-state index in [1.807, 2.05) is 49.4 Å². The second-order valence-electron chi connectivity index (χ2n) is 6.49. The third-order valence-corrected chi connectivity index (χ3v) is 4.93. The number of hydrogen-bond donors (Lipinski definition) is 1. The number of amides is 1. The van der Waals surface area contributed by atoms with E-state index >= 15 is 0 Å². The number of carboxylic acid groups (broad SMARTS) is 1. The summed E-state index contributed by atoms with van der Waals surface area (Å²) < 4.78 is 5.85. The Morgan fingerprint density at radius 1 is 1.20 bits per heavy atom. The first-order chi connectivity index (χ1) is 12.1. The lowest BCUT2D eigenvalue weighted by atomic mass is 10.0. The van der Waals surface area contributed by atoms with Crippen LogP contribution in [0.3, 0.4) is 0 Å². The summed E-state index contributed by atoms with van der Waals surface area (Å²) in [7, 11) is 0. The van der Waals surface area contributed by atoms with Crippen LogP contribution >= 0.6 is 0 Å². The molecule has 1 fully saturated rings. The number of carbonyl (C=O) groups excluding carboxylic acids is 1. The normalized spacial score (nSPS) is 20.0. The Labute approximate surface area is 147 Å². The molecule has 5 heteroatoms. The highest BCUT2D eigenvalue weighted by molar-refractivity contribution is 5.88. The maximum absolute atomic E-state index is 12.3. The predicted octanol–water partition coefficient (Wildman–Crippen LogP) is 3.32. The number of rotatable bonds is 6. The fourth-order valence-corrected chi connectivity index (χ4v) is 3.49. The van der Waals surface area contributed by atoms with E-state index in [9.17, 15) is 9.59 Å². The van der Waals surface area contributed by atoms with Crippen LogP contribution < -0.4 is 4.74 Å². The van der Waals surface area contributed by atoms with Gasteiger partial charge in [-0.15, -0.1) is 0 Å². The van der Waals surface area contributed by atoms with Gasteiger partial charge in [0.25, 0.3) is 0 Å². The van der Waals surface area contributed by atoms with Gasteiger partial charge < -0.3 is 14.7 Å². The number of fused-ring (bicyclic) bond motifs is 1. The number of aliphatic carboxylic acids is 1. The van der Waals surface area contributed by atoms with E-state index in [1.54, 1.807) is 4.90 Å². The molecule has 1 amide bonds. The highest BCUT2D eigenvalue weighted by atomic mass is 16.5. The Morgan fingerprint density at radius 3 is 2.72 bits per heavy atom. The first-order valence-electron chi connectivity index (χ1n) is 8.71. The molecule has 25 heavy (non-hydrogen) atoms. The molecule has 1 saturated heterocycles. The number of likely N-dealkylation sites (tertiary alicyclic amines) is 1. The number of carbonyl (C=O) groups is 2. The van der Waals surface area contributed by atoms with Crippen molar-refractivity contribution >= 4 is 22.6 Å². The van der Waals surface area contributed by atoms with Crippen molar-refractivity contribution in [3.63, 3.8) is 0 Å². The van der Waals surface area contributed by atoms with E-state index in [2.05, 4.69) is 0 Å². The average molecular weight is 341 g/mol. The molecule has 132 valence electrons. The lowest BCUT2D eigenvalue weighted by Gasteiger charge is -2.23. The maximum atomic E-state index is 12.3. The van der Waals surface area contributed by atoms with Gasteiger partial charge in [-0.2, -0.15) is 0 Å². The van der Waals surface area contributed by atoms with Crippen LogP contribution in [0.2, 0.25) is 0 Å². The van der Waals surface area contributed by atoms with Crippen molar-refractivity contribution in [3.8, 4) is 5.75 Å². The topological polar surface area (TPSA) is 66.8 Å². The summed E-state index contributed by atoms with van der Waals surface area (Å²) >= 11 is 0. The molecule has 0 spiro atoms. The van der Waals surface area contributed by atoms with Gasteiger partial charge >= 0.3 is 5.97 Å². The molecular formula is C20H23NO4. The quantitative estimate of drug-likeness (QED) is 0.819. The van der Waals surface area contributed by atoms with Gasteiger partial charge in [-0.1, -0.05) is 36.4 Å². The molecule has 2 atom stereocenters. The molecule has 2 unspecified atom stereocenters. The van der Waals surface area contributed by atoms with Crippen LogP contribution in [-0.4, -0.2) is 41.1 Å².